The van der Waals surface area contributed by atoms with Crippen LogP contribution in [0.5, 0.6) is 0 Å². The number of ketones is 1. The molecule has 0 aliphatic heterocycles. The van der Waals surface area contributed by atoms with Crippen LogP contribution in [0.4, 0.5) is 0 Å². The van der Waals surface area contributed by atoms with Gasteiger partial charge in [0.05, 0.1) is 6.04 Å². The van der Waals surface area contributed by atoms with Crippen LogP contribution in [0.1, 0.15) is 39.5 Å². The van der Waals surface area contributed by atoms with Gasteiger partial charge in [0, 0.05) is 12.8 Å². The minimum absolute atomic E-state index is 0.128. The molecule has 0 bridgehead atoms. The second kappa shape index (κ2) is 6.01. The van der Waals surface area contributed by atoms with Crippen LogP contribution in [0.3, 0.4) is 0 Å². The highest BCUT2D eigenvalue weighted by Crippen LogP contribution is 2.07. The second-order valence-corrected chi connectivity index (χ2v) is 2.64. The molecule has 1 unspecified atom stereocenters. The second-order valence-electron chi connectivity index (χ2n) is 2.64. The Morgan fingerprint density at radius 3 is 2.45 bits per heavy atom. The molecule has 0 aliphatic carbocycles. The topological polar surface area (TPSA) is 46.5 Å². The molecule has 3 heteroatoms. The van der Waals surface area contributed by atoms with E-state index in [0.717, 1.165) is 12.8 Å². The lowest BCUT2D eigenvalue weighted by Gasteiger charge is -2.03. The van der Waals surface area contributed by atoms with Crippen LogP contribution in [0.25, 0.3) is 0 Å². The van der Waals surface area contributed by atoms with Crippen molar-refractivity contribution in [2.75, 3.05) is 0 Å². The van der Waals surface area contributed by atoms with E-state index in [-0.39, 0.29) is 11.8 Å². The van der Waals surface area contributed by atoms with Crippen LogP contribution in [0.15, 0.2) is 5.18 Å². The Morgan fingerprint density at radius 1 is 1.45 bits per heavy atom. The highest BCUT2D eigenvalue weighted by molar-refractivity contribution is 5.78. The van der Waals surface area contributed by atoms with Crippen molar-refractivity contribution < 1.29 is 4.79 Å². The number of nitroso groups, excluding NO2 is 1. The van der Waals surface area contributed by atoms with E-state index in [4.69, 9.17) is 0 Å². The van der Waals surface area contributed by atoms with Crippen molar-refractivity contribution in [3.63, 3.8) is 0 Å². The third-order valence-corrected chi connectivity index (χ3v) is 1.63. The van der Waals surface area contributed by atoms with Crippen molar-refractivity contribution in [3.05, 3.63) is 4.91 Å². The number of carbonyl (C=O) groups is 1. The van der Waals surface area contributed by atoms with E-state index in [1.54, 1.807) is 6.92 Å². The maximum absolute atomic E-state index is 10.9. The summed E-state index contributed by atoms with van der Waals surface area (Å²) in [6.07, 6.45) is 2.48. The van der Waals surface area contributed by atoms with Gasteiger partial charge in [-0.05, 0) is 6.42 Å². The average Bonchev–Trinajstić information content (AvgIpc) is 2.03. The summed E-state index contributed by atoms with van der Waals surface area (Å²) in [5, 5.41) is 2.89. The molecular formula is C8H15NO2. The molecule has 0 saturated heterocycles. The van der Waals surface area contributed by atoms with Gasteiger partial charge in [-0.2, -0.15) is 4.91 Å². The molecule has 11 heavy (non-hydrogen) atoms. The lowest BCUT2D eigenvalue weighted by atomic mass is 10.1. The third-order valence-electron chi connectivity index (χ3n) is 1.63. The maximum atomic E-state index is 10.9. The lowest BCUT2D eigenvalue weighted by Crippen LogP contribution is -2.09. The summed E-state index contributed by atoms with van der Waals surface area (Å²) in [5.41, 5.74) is 0. The van der Waals surface area contributed by atoms with Gasteiger partial charge in [0.15, 0.2) is 0 Å². The summed E-state index contributed by atoms with van der Waals surface area (Å²) in [7, 11) is 0. The zero-order valence-electron chi connectivity index (χ0n) is 7.17. The Balaban J connectivity index is 3.67. The number of rotatable bonds is 6. The molecule has 3 nitrogen and oxygen atoms in total. The fraction of sp³-hybridized carbons (Fsp3) is 0.875. The van der Waals surface area contributed by atoms with Gasteiger partial charge in [-0.1, -0.05) is 25.4 Å². The van der Waals surface area contributed by atoms with E-state index in [0.29, 0.717) is 12.8 Å². The Bertz CT molecular complexity index is 134. The molecule has 1 atom stereocenters. The average molecular weight is 157 g/mol. The molecule has 0 fully saturated rings. The summed E-state index contributed by atoms with van der Waals surface area (Å²) in [6.45, 7) is 3.78. The highest BCUT2D eigenvalue weighted by Gasteiger charge is 2.11. The zero-order chi connectivity index (χ0) is 8.69. The van der Waals surface area contributed by atoms with Crippen LogP contribution in [0, 0.1) is 4.91 Å². The molecule has 0 aromatic heterocycles. The van der Waals surface area contributed by atoms with Gasteiger partial charge in [-0.15, -0.1) is 0 Å². The summed E-state index contributed by atoms with van der Waals surface area (Å²) in [5.74, 6) is 0.128. The standard InChI is InChI=1S/C8H15NO2/c1-3-5-7(9-11)6-8(10)4-2/h7H,3-6H2,1-2H3. The van der Waals surface area contributed by atoms with Gasteiger partial charge in [0.2, 0.25) is 0 Å². The summed E-state index contributed by atoms with van der Waals surface area (Å²) >= 11 is 0. The highest BCUT2D eigenvalue weighted by atomic mass is 16.3. The number of nitrogens with zero attached hydrogens (tertiary/aromatic N) is 1. The van der Waals surface area contributed by atoms with E-state index in [1.807, 2.05) is 6.92 Å². The number of hydrogen-bond acceptors (Lipinski definition) is 3. The molecule has 0 saturated carbocycles. The maximum Gasteiger partial charge on any atom is 0.134 e. The quantitative estimate of drug-likeness (QED) is 0.555. The van der Waals surface area contributed by atoms with Crippen molar-refractivity contribution in [2.24, 2.45) is 5.18 Å². The summed E-state index contributed by atoms with van der Waals surface area (Å²) in [4.78, 5) is 21.0. The molecule has 0 rings (SSSR count). The smallest absolute Gasteiger partial charge is 0.134 e. The Labute approximate surface area is 67.2 Å². The normalized spacial score (nSPS) is 12.5. The van der Waals surface area contributed by atoms with Crippen molar-refractivity contribution in [1.29, 1.82) is 0 Å². The molecule has 0 amide bonds. The molecular weight excluding hydrogens is 142 g/mol. The van der Waals surface area contributed by atoms with Crippen LogP contribution < -0.4 is 0 Å². The van der Waals surface area contributed by atoms with Gasteiger partial charge in [0.1, 0.15) is 5.78 Å². The molecule has 0 heterocycles. The molecule has 0 radical (unpaired) electrons. The van der Waals surface area contributed by atoms with E-state index in [9.17, 15) is 9.70 Å². The predicted molar refractivity (Wildman–Crippen MR) is 44.4 cm³/mol. The number of carbonyl (C=O) groups excluding carboxylic acids is 1. The van der Waals surface area contributed by atoms with Crippen LogP contribution in [-0.4, -0.2) is 11.8 Å². The fourth-order valence-corrected chi connectivity index (χ4v) is 0.932. The minimum atomic E-state index is -0.285. The fourth-order valence-electron chi connectivity index (χ4n) is 0.932. The number of Topliss-reactive ketones (excluding diaryl/α,β-unsaturated/α-hetero) is 1. The van der Waals surface area contributed by atoms with Gasteiger partial charge in [-0.25, -0.2) is 0 Å². The van der Waals surface area contributed by atoms with Gasteiger partial charge in [0.25, 0.3) is 0 Å². The van der Waals surface area contributed by atoms with Gasteiger partial charge < -0.3 is 0 Å². The first-order valence-electron chi connectivity index (χ1n) is 4.08. The molecule has 64 valence electrons. The minimum Gasteiger partial charge on any atom is -0.300 e. The number of hydrogen-bond donors (Lipinski definition) is 0. The van der Waals surface area contributed by atoms with E-state index in [2.05, 4.69) is 5.18 Å². The Hall–Kier alpha value is -0.730. The van der Waals surface area contributed by atoms with E-state index >= 15 is 0 Å². The Kier molecular flexibility index (Phi) is 5.61. The van der Waals surface area contributed by atoms with Gasteiger partial charge >= 0.3 is 0 Å². The first kappa shape index (κ1) is 10.3. The summed E-state index contributed by atoms with van der Waals surface area (Å²) in [6, 6.07) is -0.285. The Morgan fingerprint density at radius 2 is 2.09 bits per heavy atom. The summed E-state index contributed by atoms with van der Waals surface area (Å²) < 4.78 is 0. The SMILES string of the molecule is CCCC(CC(=O)CC)N=O. The van der Waals surface area contributed by atoms with Crippen molar-refractivity contribution >= 4 is 5.78 Å². The van der Waals surface area contributed by atoms with Crippen LogP contribution in [-0.2, 0) is 4.79 Å². The van der Waals surface area contributed by atoms with Crippen molar-refractivity contribution in [1.82, 2.24) is 0 Å². The third kappa shape index (κ3) is 4.65. The molecule has 0 spiro atoms. The van der Waals surface area contributed by atoms with Crippen molar-refractivity contribution in [2.45, 2.75) is 45.6 Å². The predicted octanol–water partition coefficient (Wildman–Crippen LogP) is 2.29. The zero-order valence-corrected chi connectivity index (χ0v) is 7.17. The van der Waals surface area contributed by atoms with Crippen LogP contribution >= 0.6 is 0 Å². The van der Waals surface area contributed by atoms with Crippen LogP contribution in [0.2, 0.25) is 0 Å². The van der Waals surface area contributed by atoms with E-state index < -0.39 is 0 Å². The lowest BCUT2D eigenvalue weighted by molar-refractivity contribution is -0.119. The molecule has 0 aliphatic rings. The molecule has 0 N–H and O–H groups in total. The molecule has 0 aromatic rings. The first-order chi connectivity index (χ1) is 5.24. The van der Waals surface area contributed by atoms with Crippen molar-refractivity contribution in [3.8, 4) is 0 Å². The van der Waals surface area contributed by atoms with Gasteiger partial charge in [-0.3, -0.25) is 4.79 Å². The van der Waals surface area contributed by atoms with E-state index in [1.165, 1.54) is 0 Å². The monoisotopic (exact) mass is 157 g/mol. The molecule has 0 aromatic carbocycles. The largest absolute Gasteiger partial charge is 0.300 e. The first-order valence-corrected chi connectivity index (χ1v) is 4.08.